The maximum absolute atomic E-state index is 9.58. The summed E-state index contributed by atoms with van der Waals surface area (Å²) in [5.41, 5.74) is 0.106. The third-order valence-corrected chi connectivity index (χ3v) is 0.529. The fourth-order valence-corrected chi connectivity index (χ4v) is 0.218. The van der Waals surface area contributed by atoms with Crippen LogP contribution in [0.1, 0.15) is 6.92 Å². The zero-order chi connectivity index (χ0) is 6.57. The summed E-state index contributed by atoms with van der Waals surface area (Å²) in [7, 11) is 0. The molecule has 0 spiro atoms. The van der Waals surface area contributed by atoms with Crippen LogP contribution in [0.5, 0.6) is 0 Å². The molecule has 0 bridgehead atoms. The molecule has 0 aliphatic heterocycles. The molecule has 0 amide bonds. The first-order chi connectivity index (χ1) is 3.66. The van der Waals surface area contributed by atoms with Crippen molar-refractivity contribution >= 4 is 5.71 Å². The lowest BCUT2D eigenvalue weighted by atomic mass is 10.4. The Hall–Kier alpha value is -1.13. The second-order valence-electron chi connectivity index (χ2n) is 1.33. The van der Waals surface area contributed by atoms with Crippen molar-refractivity contribution in [3.05, 3.63) is 10.1 Å². The van der Waals surface area contributed by atoms with Crippen molar-refractivity contribution in [2.24, 2.45) is 5.16 Å². The molecular weight excluding hydrogens is 112 g/mol. The van der Waals surface area contributed by atoms with Crippen LogP contribution in [0.4, 0.5) is 0 Å². The van der Waals surface area contributed by atoms with Crippen LogP contribution in [0.15, 0.2) is 5.16 Å². The normalized spacial score (nSPS) is 11.4. The van der Waals surface area contributed by atoms with Gasteiger partial charge in [-0.05, 0) is 6.92 Å². The standard InChI is InChI=1S/C3H6N2O3/c1-3(4-6)2-5(7)8/h6H,2H2,1H3/b4-3-. The summed E-state index contributed by atoms with van der Waals surface area (Å²) in [6.07, 6.45) is 0. The highest BCUT2D eigenvalue weighted by Gasteiger charge is 1.98. The topological polar surface area (TPSA) is 75.7 Å². The van der Waals surface area contributed by atoms with E-state index in [9.17, 15) is 10.1 Å². The van der Waals surface area contributed by atoms with Gasteiger partial charge in [-0.25, -0.2) is 0 Å². The highest BCUT2D eigenvalue weighted by Crippen LogP contribution is 1.74. The van der Waals surface area contributed by atoms with Crippen LogP contribution < -0.4 is 0 Å². The summed E-state index contributed by atoms with van der Waals surface area (Å²) >= 11 is 0. The Labute approximate surface area is 45.8 Å². The quantitative estimate of drug-likeness (QED) is 0.242. The maximum atomic E-state index is 9.58. The lowest BCUT2D eigenvalue weighted by Gasteiger charge is -1.85. The number of rotatable bonds is 2. The fraction of sp³-hybridized carbons (Fsp3) is 0.667. The molecule has 0 aromatic carbocycles. The van der Waals surface area contributed by atoms with Crippen LogP contribution >= 0.6 is 0 Å². The van der Waals surface area contributed by atoms with Gasteiger partial charge in [-0.3, -0.25) is 10.1 Å². The molecule has 1 N–H and O–H groups in total. The minimum atomic E-state index is -0.560. The first kappa shape index (κ1) is 6.87. The summed E-state index contributed by atoms with van der Waals surface area (Å²) in [6, 6.07) is 0. The van der Waals surface area contributed by atoms with Crippen LogP contribution in [0.25, 0.3) is 0 Å². The van der Waals surface area contributed by atoms with E-state index in [0.29, 0.717) is 0 Å². The van der Waals surface area contributed by atoms with Crippen LogP contribution in [0.3, 0.4) is 0 Å². The Morgan fingerprint density at radius 1 is 2.00 bits per heavy atom. The lowest BCUT2D eigenvalue weighted by Crippen LogP contribution is -2.09. The van der Waals surface area contributed by atoms with Gasteiger partial charge < -0.3 is 5.21 Å². The average Bonchev–Trinajstić information content (AvgIpc) is 1.65. The van der Waals surface area contributed by atoms with E-state index < -0.39 is 11.5 Å². The molecule has 0 saturated carbocycles. The van der Waals surface area contributed by atoms with Gasteiger partial charge in [-0.2, -0.15) is 0 Å². The van der Waals surface area contributed by atoms with Gasteiger partial charge in [0.2, 0.25) is 6.54 Å². The van der Waals surface area contributed by atoms with Crippen molar-refractivity contribution in [3.63, 3.8) is 0 Å². The number of hydrogen-bond acceptors (Lipinski definition) is 4. The molecule has 0 heterocycles. The predicted octanol–water partition coefficient (Wildman–Crippen LogP) is 0.113. The third-order valence-electron chi connectivity index (χ3n) is 0.529. The van der Waals surface area contributed by atoms with E-state index in [0.717, 1.165) is 0 Å². The van der Waals surface area contributed by atoms with Gasteiger partial charge in [0.05, 0.1) is 0 Å². The predicted molar refractivity (Wildman–Crippen MR) is 26.8 cm³/mol. The molecule has 0 aliphatic carbocycles. The number of nitrogens with zero attached hydrogens (tertiary/aromatic N) is 2. The molecule has 0 unspecified atom stereocenters. The highest BCUT2D eigenvalue weighted by molar-refractivity contribution is 5.82. The molecular formula is C3H6N2O3. The molecule has 5 nitrogen and oxygen atoms in total. The molecule has 5 heteroatoms. The van der Waals surface area contributed by atoms with Crippen LogP contribution in [0, 0.1) is 10.1 Å². The van der Waals surface area contributed by atoms with E-state index >= 15 is 0 Å². The Bertz CT molecular complexity index is 120. The Morgan fingerprint density at radius 2 is 2.50 bits per heavy atom. The minimum absolute atomic E-state index is 0.106. The smallest absolute Gasteiger partial charge is 0.244 e. The first-order valence-corrected chi connectivity index (χ1v) is 1.96. The summed E-state index contributed by atoms with van der Waals surface area (Å²) in [5.74, 6) is 0. The summed E-state index contributed by atoms with van der Waals surface area (Å²) in [4.78, 5) is 9.02. The van der Waals surface area contributed by atoms with Crippen LogP contribution in [-0.2, 0) is 0 Å². The van der Waals surface area contributed by atoms with Crippen molar-refractivity contribution in [3.8, 4) is 0 Å². The second kappa shape index (κ2) is 2.95. The number of nitro groups is 1. The van der Waals surface area contributed by atoms with Gasteiger partial charge in [-0.15, -0.1) is 0 Å². The van der Waals surface area contributed by atoms with Crippen molar-refractivity contribution in [2.75, 3.05) is 6.54 Å². The van der Waals surface area contributed by atoms with E-state index in [2.05, 4.69) is 5.16 Å². The van der Waals surface area contributed by atoms with Crippen molar-refractivity contribution in [1.82, 2.24) is 0 Å². The molecule has 0 rings (SSSR count). The fourth-order valence-electron chi connectivity index (χ4n) is 0.218. The van der Waals surface area contributed by atoms with Crippen LogP contribution in [-0.4, -0.2) is 22.4 Å². The first-order valence-electron chi connectivity index (χ1n) is 1.96. The van der Waals surface area contributed by atoms with E-state index in [1.54, 1.807) is 0 Å². The maximum Gasteiger partial charge on any atom is 0.244 e. The average molecular weight is 118 g/mol. The van der Waals surface area contributed by atoms with E-state index in [4.69, 9.17) is 5.21 Å². The monoisotopic (exact) mass is 118 g/mol. The molecule has 0 aromatic rings. The Kier molecular flexibility index (Phi) is 2.53. The van der Waals surface area contributed by atoms with Crippen molar-refractivity contribution in [2.45, 2.75) is 6.92 Å². The molecule has 0 aliphatic rings. The van der Waals surface area contributed by atoms with Gasteiger partial charge in [0.1, 0.15) is 5.71 Å². The molecule has 0 saturated heterocycles. The zero-order valence-corrected chi connectivity index (χ0v) is 4.37. The van der Waals surface area contributed by atoms with Gasteiger partial charge in [-0.1, -0.05) is 5.16 Å². The minimum Gasteiger partial charge on any atom is -0.411 e. The summed E-state index contributed by atoms with van der Waals surface area (Å²) in [5, 5.41) is 20.1. The summed E-state index contributed by atoms with van der Waals surface area (Å²) in [6.45, 7) is 0.985. The molecule has 46 valence electrons. The van der Waals surface area contributed by atoms with E-state index in [1.165, 1.54) is 6.92 Å². The van der Waals surface area contributed by atoms with Gasteiger partial charge in [0.15, 0.2) is 0 Å². The highest BCUT2D eigenvalue weighted by atomic mass is 16.6. The SMILES string of the molecule is C/C(C[N+](=O)[O-])=N/O. The third kappa shape index (κ3) is 3.08. The Morgan fingerprint density at radius 3 is 2.62 bits per heavy atom. The zero-order valence-electron chi connectivity index (χ0n) is 4.37. The Balaban J connectivity index is 3.56. The van der Waals surface area contributed by atoms with Gasteiger partial charge in [0, 0.05) is 4.92 Å². The van der Waals surface area contributed by atoms with E-state index in [-0.39, 0.29) is 5.71 Å². The molecule has 0 aromatic heterocycles. The van der Waals surface area contributed by atoms with Crippen molar-refractivity contribution in [1.29, 1.82) is 0 Å². The van der Waals surface area contributed by atoms with Crippen LogP contribution in [0.2, 0.25) is 0 Å². The largest absolute Gasteiger partial charge is 0.411 e. The molecule has 0 radical (unpaired) electrons. The van der Waals surface area contributed by atoms with Gasteiger partial charge in [0.25, 0.3) is 0 Å². The summed E-state index contributed by atoms with van der Waals surface area (Å²) < 4.78 is 0. The molecule has 8 heavy (non-hydrogen) atoms. The van der Waals surface area contributed by atoms with Crippen molar-refractivity contribution < 1.29 is 10.1 Å². The van der Waals surface area contributed by atoms with E-state index in [1.807, 2.05) is 0 Å². The second-order valence-corrected chi connectivity index (χ2v) is 1.33. The molecule has 0 atom stereocenters. The number of oxime groups is 1. The molecule has 0 fully saturated rings. The lowest BCUT2D eigenvalue weighted by molar-refractivity contribution is -0.463. The number of hydrogen-bond donors (Lipinski definition) is 1. The van der Waals surface area contributed by atoms with Gasteiger partial charge >= 0.3 is 0 Å².